The highest BCUT2D eigenvalue weighted by Crippen LogP contribution is 2.27. The first-order valence-corrected chi connectivity index (χ1v) is 24.8. The fourth-order valence-corrected chi connectivity index (χ4v) is 8.11. The average molecular weight is 1110 g/mol. The monoisotopic (exact) mass is 1110 g/mol. The van der Waals surface area contributed by atoms with Crippen LogP contribution in [0.4, 0.5) is 0 Å². The van der Waals surface area contributed by atoms with E-state index in [1.165, 1.54) is 51.4 Å². The maximum Gasteiger partial charge on any atom is 0.334 e. The summed E-state index contributed by atoms with van der Waals surface area (Å²) < 4.78 is 22.6. The van der Waals surface area contributed by atoms with Crippen LogP contribution in [0.2, 0.25) is 5.02 Å². The van der Waals surface area contributed by atoms with Gasteiger partial charge in [0.25, 0.3) is 23.4 Å². The molecule has 6 rings (SSSR count). The number of benzene rings is 2. The molecule has 0 aliphatic carbocycles. The van der Waals surface area contributed by atoms with E-state index in [2.05, 4.69) is 37.2 Å². The molecule has 3 aliphatic heterocycles. The number of esters is 2. The van der Waals surface area contributed by atoms with E-state index in [-0.39, 0.29) is 29.2 Å². The number of rotatable bonds is 10. The summed E-state index contributed by atoms with van der Waals surface area (Å²) in [6.45, 7) is 5.02. The molecular formula is C51H64ClN9O17. The highest BCUT2D eigenvalue weighted by molar-refractivity contribution is 6.33. The van der Waals surface area contributed by atoms with Crippen LogP contribution in [0.15, 0.2) is 79.0 Å². The maximum absolute atomic E-state index is 15.1. The van der Waals surface area contributed by atoms with Crippen molar-refractivity contribution in [2.75, 3.05) is 33.9 Å². The summed E-state index contributed by atoms with van der Waals surface area (Å²) in [5.41, 5.74) is -7.83. The van der Waals surface area contributed by atoms with Crippen molar-refractivity contribution in [2.24, 2.45) is 5.92 Å². The van der Waals surface area contributed by atoms with E-state index in [0.29, 0.717) is 10.3 Å². The standard InChI is InChI=1S/C51H64ClN9O17/c1-9-27(2)38-43(66)56-39-31-15-17-32(18-16-31)77-29(4)51(73,26-75-8)21-19-36(62)53-24-37(63)76-25-34(55-47(70)49(5,72)58-42(65)35(60(7)45(39)68)23-30-13-11-10-12-14-30)46(69)78-50(6,48(71)57-38)59-41(64)28(3)54-44(67)40-33(52)20-22-61(40)74/h10-22,27-29,34-35,38-39,72-74H,9,23-26H2,1-8H3,(H,53,62)(H,54,67)(H,55,70)(H,56,66)(H,57,71)(H,58,65)(H,59,64)/b21-19+. The Bertz CT molecular complexity index is 2760. The van der Waals surface area contributed by atoms with Crippen LogP contribution in [0.25, 0.3) is 0 Å². The van der Waals surface area contributed by atoms with Crippen LogP contribution in [-0.2, 0) is 63.8 Å². The van der Waals surface area contributed by atoms with Gasteiger partial charge in [-0.3, -0.25) is 43.2 Å². The summed E-state index contributed by atoms with van der Waals surface area (Å²) >= 11 is 6.05. The van der Waals surface area contributed by atoms with Gasteiger partial charge < -0.3 is 76.5 Å². The predicted octanol–water partition coefficient (Wildman–Crippen LogP) is -0.972. The Kier molecular flexibility index (Phi) is 20.1. The van der Waals surface area contributed by atoms with Gasteiger partial charge in [0, 0.05) is 39.8 Å². The molecule has 10 N–H and O–H groups in total. The largest absolute Gasteiger partial charge is 0.487 e. The van der Waals surface area contributed by atoms with Gasteiger partial charge in [-0.25, -0.2) is 4.79 Å². The molecule has 0 radical (unpaired) electrons. The van der Waals surface area contributed by atoms with Gasteiger partial charge in [-0.2, -0.15) is 4.73 Å². The Morgan fingerprint density at radius 1 is 0.923 bits per heavy atom. The normalized spacial score (nSPS) is 27.4. The Morgan fingerprint density at radius 2 is 1.59 bits per heavy atom. The van der Waals surface area contributed by atoms with E-state index in [0.717, 1.165) is 44.0 Å². The van der Waals surface area contributed by atoms with Gasteiger partial charge in [-0.15, -0.1) is 0 Å². The first-order valence-electron chi connectivity index (χ1n) is 24.4. The molecule has 422 valence electrons. The van der Waals surface area contributed by atoms with Crippen LogP contribution in [-0.4, -0.2) is 165 Å². The van der Waals surface area contributed by atoms with Crippen molar-refractivity contribution in [3.05, 3.63) is 101 Å². The molecular weight excluding hydrogens is 1050 g/mol. The molecule has 0 spiro atoms. The number of hydrogen-bond donors (Lipinski definition) is 10. The topological polar surface area (TPSA) is 361 Å². The number of carbonyl (C=O) groups is 10. The Balaban J connectivity index is 1.72. The molecule has 0 saturated carbocycles. The third-order valence-electron chi connectivity index (χ3n) is 12.9. The first-order chi connectivity index (χ1) is 36.6. The molecule has 27 heteroatoms. The van der Waals surface area contributed by atoms with Crippen molar-refractivity contribution in [3.8, 4) is 5.75 Å². The number of amides is 8. The van der Waals surface area contributed by atoms with Crippen LogP contribution >= 0.6 is 11.6 Å². The fourth-order valence-electron chi connectivity index (χ4n) is 7.88. The number of ether oxygens (including phenoxy) is 4. The SMILES string of the molecule is CCC(C)C1NC(=O)C(C)(NC(=O)C(C)NC(=O)c2c(Cl)ccn2O)OC(=O)C2COC(=O)CNC(=O)/C=C/C(O)(COC)C(C)Oc3ccc(cc3)C(NC1=O)C(=O)N(C)C(Cc1ccccc1)C(=O)NC(C)(O)C(=O)N2. The zero-order chi connectivity index (χ0) is 57.9. The van der Waals surface area contributed by atoms with E-state index in [1.807, 2.05) is 0 Å². The summed E-state index contributed by atoms with van der Waals surface area (Å²) in [5.74, 6) is -12.9. The van der Waals surface area contributed by atoms with Crippen molar-refractivity contribution in [3.63, 3.8) is 0 Å². The number of carbonyl (C=O) groups excluding carboxylic acids is 10. The lowest BCUT2D eigenvalue weighted by atomic mass is 9.96. The zero-order valence-electron chi connectivity index (χ0n) is 43.9. The summed E-state index contributed by atoms with van der Waals surface area (Å²) in [6.07, 6.45) is 1.77. The van der Waals surface area contributed by atoms with E-state index in [4.69, 9.17) is 30.5 Å². The van der Waals surface area contributed by atoms with Crippen LogP contribution in [0.5, 0.6) is 5.75 Å². The second-order valence-corrected chi connectivity index (χ2v) is 19.4. The molecule has 1 fully saturated rings. The highest BCUT2D eigenvalue weighted by Gasteiger charge is 2.47. The Hall–Kier alpha value is -8.07. The van der Waals surface area contributed by atoms with Crippen molar-refractivity contribution in [1.29, 1.82) is 0 Å². The molecule has 10 atom stereocenters. The lowest BCUT2D eigenvalue weighted by Crippen LogP contribution is -2.67. The Morgan fingerprint density at radius 3 is 2.21 bits per heavy atom. The molecule has 78 heavy (non-hydrogen) atoms. The van der Waals surface area contributed by atoms with Gasteiger partial charge in [0.15, 0.2) is 11.7 Å². The van der Waals surface area contributed by atoms with E-state index in [9.17, 15) is 58.6 Å². The van der Waals surface area contributed by atoms with Gasteiger partial charge in [0.05, 0.1) is 11.6 Å². The van der Waals surface area contributed by atoms with Gasteiger partial charge in [-0.05, 0) is 62.1 Å². The Labute approximate surface area is 452 Å². The van der Waals surface area contributed by atoms with E-state index >= 15 is 4.79 Å². The maximum atomic E-state index is 15.1. The smallest absolute Gasteiger partial charge is 0.334 e. The third-order valence-corrected chi connectivity index (χ3v) is 13.2. The van der Waals surface area contributed by atoms with Crippen molar-refractivity contribution < 1.29 is 82.3 Å². The van der Waals surface area contributed by atoms with Crippen molar-refractivity contribution in [2.45, 2.75) is 108 Å². The minimum Gasteiger partial charge on any atom is -0.487 e. The molecule has 10 unspecified atom stereocenters. The first kappa shape index (κ1) is 60.8. The summed E-state index contributed by atoms with van der Waals surface area (Å²) in [6, 6.07) is 6.27. The summed E-state index contributed by atoms with van der Waals surface area (Å²) in [5, 5.41) is 49.4. The minimum absolute atomic E-state index is 0.0722. The molecule has 3 aromatic rings. The lowest BCUT2D eigenvalue weighted by Gasteiger charge is -2.36. The van der Waals surface area contributed by atoms with Gasteiger partial charge >= 0.3 is 11.9 Å². The second kappa shape index (κ2) is 25.8. The lowest BCUT2D eigenvalue weighted by molar-refractivity contribution is -0.177. The van der Waals surface area contributed by atoms with Crippen molar-refractivity contribution in [1.82, 2.24) is 46.8 Å². The number of halogens is 1. The number of nitrogens with zero attached hydrogens (tertiary/aromatic N) is 2. The van der Waals surface area contributed by atoms with Crippen LogP contribution < -0.4 is 42.0 Å². The molecule has 1 saturated heterocycles. The van der Waals surface area contributed by atoms with Gasteiger partial charge in [-0.1, -0.05) is 74.3 Å². The van der Waals surface area contributed by atoms with Gasteiger partial charge in [0.1, 0.15) is 54.8 Å². The van der Waals surface area contributed by atoms with Crippen LogP contribution in [0.1, 0.15) is 75.6 Å². The average Bonchev–Trinajstić information content (AvgIpc) is 3.74. The summed E-state index contributed by atoms with van der Waals surface area (Å²) in [7, 11) is 2.52. The second-order valence-electron chi connectivity index (χ2n) is 19.0. The number of hydrogen-bond acceptors (Lipinski definition) is 17. The third kappa shape index (κ3) is 15.1. The zero-order valence-corrected chi connectivity index (χ0v) is 44.7. The van der Waals surface area contributed by atoms with Crippen molar-refractivity contribution >= 4 is 70.8 Å². The number of fused-ring (bicyclic) bond motifs is 11. The molecule has 1 aromatic heterocycles. The number of nitrogens with one attached hydrogen (secondary N) is 7. The fraction of sp³-hybridized carbons (Fsp3) is 0.451. The number of aromatic nitrogens is 1. The predicted molar refractivity (Wildman–Crippen MR) is 272 cm³/mol. The number of methoxy groups -OCH3 is 1. The molecule has 2 aromatic carbocycles. The minimum atomic E-state index is -2.98. The van der Waals surface area contributed by atoms with E-state index in [1.54, 1.807) is 44.2 Å². The quantitative estimate of drug-likeness (QED) is 0.0862. The number of likely N-dealkylation sites (N-methyl/N-ethyl adjacent to an activating group) is 1. The molecule has 4 heterocycles. The molecule has 4 bridgehead atoms. The van der Waals surface area contributed by atoms with Crippen LogP contribution in [0.3, 0.4) is 0 Å². The van der Waals surface area contributed by atoms with E-state index < -0.39 is 144 Å². The highest BCUT2D eigenvalue weighted by atomic mass is 35.5. The molecule has 8 amide bonds. The van der Waals surface area contributed by atoms with Crippen LogP contribution in [0, 0.1) is 5.92 Å². The summed E-state index contributed by atoms with van der Waals surface area (Å²) in [4.78, 5) is 142. The molecule has 3 aliphatic rings. The van der Waals surface area contributed by atoms with Gasteiger partial charge in [0.2, 0.25) is 35.3 Å². The number of aliphatic hydroxyl groups is 2. The molecule has 26 nitrogen and oxygen atoms in total.